The van der Waals surface area contributed by atoms with E-state index >= 15 is 0 Å². The Labute approximate surface area is 68.9 Å². The Hall–Kier alpha value is -0.340. The van der Waals surface area contributed by atoms with Crippen LogP contribution in [0.4, 0.5) is 0 Å². The molecule has 0 aliphatic rings. The van der Waals surface area contributed by atoms with E-state index in [-0.39, 0.29) is 0 Å². The standard InChI is InChI=1S/C9H18O2/c1-8(2)6-5-7-11-9(3,4)10/h10H,1,5-7H2,2-4H3. The van der Waals surface area contributed by atoms with Gasteiger partial charge in [-0.25, -0.2) is 0 Å². The topological polar surface area (TPSA) is 29.5 Å². The Balaban J connectivity index is 3.22. The van der Waals surface area contributed by atoms with E-state index in [4.69, 9.17) is 9.84 Å². The van der Waals surface area contributed by atoms with Gasteiger partial charge in [-0.3, -0.25) is 0 Å². The van der Waals surface area contributed by atoms with Gasteiger partial charge >= 0.3 is 0 Å². The number of rotatable bonds is 5. The molecule has 0 amide bonds. The summed E-state index contributed by atoms with van der Waals surface area (Å²) in [6.07, 6.45) is 1.90. The molecule has 0 aliphatic heterocycles. The fourth-order valence-electron chi connectivity index (χ4n) is 0.696. The monoisotopic (exact) mass is 158 g/mol. The Kier molecular flexibility index (Phi) is 4.38. The van der Waals surface area contributed by atoms with E-state index in [1.807, 2.05) is 6.92 Å². The zero-order valence-electron chi connectivity index (χ0n) is 7.68. The lowest BCUT2D eigenvalue weighted by atomic mass is 10.2. The van der Waals surface area contributed by atoms with Gasteiger partial charge in [0.2, 0.25) is 0 Å². The van der Waals surface area contributed by atoms with Crippen LogP contribution in [-0.2, 0) is 4.74 Å². The summed E-state index contributed by atoms with van der Waals surface area (Å²) in [6.45, 7) is 9.62. The van der Waals surface area contributed by atoms with E-state index in [0.29, 0.717) is 6.61 Å². The maximum atomic E-state index is 9.14. The highest BCUT2D eigenvalue weighted by molar-refractivity contribution is 4.87. The normalized spacial score (nSPS) is 11.6. The van der Waals surface area contributed by atoms with Crippen molar-refractivity contribution in [1.29, 1.82) is 0 Å². The van der Waals surface area contributed by atoms with Crippen LogP contribution in [0.2, 0.25) is 0 Å². The molecule has 0 unspecified atom stereocenters. The molecule has 1 N–H and O–H groups in total. The molecule has 66 valence electrons. The molecule has 0 heterocycles. The minimum atomic E-state index is -0.991. The summed E-state index contributed by atoms with van der Waals surface area (Å²) in [6, 6.07) is 0. The van der Waals surface area contributed by atoms with Crippen LogP contribution in [0.1, 0.15) is 33.6 Å². The maximum Gasteiger partial charge on any atom is 0.159 e. The van der Waals surface area contributed by atoms with Crippen molar-refractivity contribution in [3.63, 3.8) is 0 Å². The molecule has 0 atom stereocenters. The first-order valence-electron chi connectivity index (χ1n) is 3.92. The van der Waals surface area contributed by atoms with Crippen molar-refractivity contribution in [2.24, 2.45) is 0 Å². The van der Waals surface area contributed by atoms with Gasteiger partial charge in [-0.1, -0.05) is 5.57 Å². The summed E-state index contributed by atoms with van der Waals surface area (Å²) < 4.78 is 5.09. The van der Waals surface area contributed by atoms with Crippen molar-refractivity contribution in [2.75, 3.05) is 6.61 Å². The molecule has 0 spiro atoms. The molecular formula is C9H18O2. The third kappa shape index (κ3) is 9.66. The fourth-order valence-corrected chi connectivity index (χ4v) is 0.696. The molecule has 11 heavy (non-hydrogen) atoms. The first kappa shape index (κ1) is 10.7. The molecule has 0 radical (unpaired) electrons. The second kappa shape index (κ2) is 4.52. The molecular weight excluding hydrogens is 140 g/mol. The van der Waals surface area contributed by atoms with Crippen molar-refractivity contribution in [1.82, 2.24) is 0 Å². The highest BCUT2D eigenvalue weighted by Crippen LogP contribution is 2.06. The van der Waals surface area contributed by atoms with Gasteiger partial charge in [-0.15, -0.1) is 6.58 Å². The van der Waals surface area contributed by atoms with Gasteiger partial charge < -0.3 is 9.84 Å². The molecule has 0 rings (SSSR count). The zero-order valence-corrected chi connectivity index (χ0v) is 7.68. The van der Waals surface area contributed by atoms with Gasteiger partial charge in [0.25, 0.3) is 0 Å². The van der Waals surface area contributed by atoms with Crippen LogP contribution in [0.25, 0.3) is 0 Å². The van der Waals surface area contributed by atoms with Crippen LogP contribution >= 0.6 is 0 Å². The molecule has 2 nitrogen and oxygen atoms in total. The van der Waals surface area contributed by atoms with Crippen LogP contribution in [0.3, 0.4) is 0 Å². The highest BCUT2D eigenvalue weighted by atomic mass is 16.6. The number of hydrogen-bond donors (Lipinski definition) is 1. The number of aliphatic hydroxyl groups is 1. The average molecular weight is 158 g/mol. The minimum absolute atomic E-state index is 0.594. The summed E-state index contributed by atoms with van der Waals surface area (Å²) in [5, 5.41) is 9.14. The van der Waals surface area contributed by atoms with E-state index in [1.54, 1.807) is 13.8 Å². The summed E-state index contributed by atoms with van der Waals surface area (Å²) in [5.74, 6) is -0.991. The third-order valence-corrected chi connectivity index (χ3v) is 1.20. The predicted octanol–water partition coefficient (Wildman–Crippen LogP) is 2.09. The van der Waals surface area contributed by atoms with Gasteiger partial charge in [-0.2, -0.15) is 0 Å². The highest BCUT2D eigenvalue weighted by Gasteiger charge is 2.10. The Bertz CT molecular complexity index is 122. The van der Waals surface area contributed by atoms with Crippen molar-refractivity contribution in [2.45, 2.75) is 39.4 Å². The molecule has 0 aromatic carbocycles. The minimum Gasteiger partial charge on any atom is -0.366 e. The van der Waals surface area contributed by atoms with Crippen LogP contribution in [0, 0.1) is 0 Å². The van der Waals surface area contributed by atoms with Crippen LogP contribution in [-0.4, -0.2) is 17.5 Å². The molecule has 2 heteroatoms. The first-order chi connectivity index (χ1) is 4.92. The maximum absolute atomic E-state index is 9.14. The van der Waals surface area contributed by atoms with E-state index in [0.717, 1.165) is 18.4 Å². The Morgan fingerprint density at radius 1 is 1.55 bits per heavy atom. The molecule has 0 bridgehead atoms. The van der Waals surface area contributed by atoms with E-state index in [2.05, 4.69) is 6.58 Å². The molecule has 0 aromatic heterocycles. The second-order valence-corrected chi connectivity index (χ2v) is 3.36. The third-order valence-electron chi connectivity index (χ3n) is 1.20. The van der Waals surface area contributed by atoms with Gasteiger partial charge in [0.05, 0.1) is 6.61 Å². The largest absolute Gasteiger partial charge is 0.366 e. The molecule has 0 aromatic rings. The number of allylic oxidation sites excluding steroid dienone is 1. The Morgan fingerprint density at radius 2 is 2.09 bits per heavy atom. The van der Waals surface area contributed by atoms with Crippen molar-refractivity contribution >= 4 is 0 Å². The lowest BCUT2D eigenvalue weighted by molar-refractivity contribution is -0.176. The van der Waals surface area contributed by atoms with Crippen molar-refractivity contribution in [3.8, 4) is 0 Å². The predicted molar refractivity (Wildman–Crippen MR) is 46.3 cm³/mol. The fraction of sp³-hybridized carbons (Fsp3) is 0.778. The lowest BCUT2D eigenvalue weighted by Crippen LogP contribution is -2.23. The van der Waals surface area contributed by atoms with Crippen molar-refractivity contribution < 1.29 is 9.84 Å². The SMILES string of the molecule is C=C(C)CCCOC(C)(C)O. The summed E-state index contributed by atoms with van der Waals surface area (Å²) in [5.41, 5.74) is 1.16. The smallest absolute Gasteiger partial charge is 0.159 e. The van der Waals surface area contributed by atoms with Gasteiger partial charge in [-0.05, 0) is 33.6 Å². The number of ether oxygens (including phenoxy) is 1. The summed E-state index contributed by atoms with van der Waals surface area (Å²) in [4.78, 5) is 0. The molecule has 0 saturated carbocycles. The molecule has 0 saturated heterocycles. The van der Waals surface area contributed by atoms with Crippen molar-refractivity contribution in [3.05, 3.63) is 12.2 Å². The first-order valence-corrected chi connectivity index (χ1v) is 3.92. The van der Waals surface area contributed by atoms with E-state index in [9.17, 15) is 0 Å². The second-order valence-electron chi connectivity index (χ2n) is 3.36. The van der Waals surface area contributed by atoms with E-state index in [1.165, 1.54) is 0 Å². The quantitative estimate of drug-likeness (QED) is 0.377. The number of hydrogen-bond acceptors (Lipinski definition) is 2. The molecule has 0 aliphatic carbocycles. The van der Waals surface area contributed by atoms with Gasteiger partial charge in [0.15, 0.2) is 5.79 Å². The average Bonchev–Trinajstić information content (AvgIpc) is 1.78. The summed E-state index contributed by atoms with van der Waals surface area (Å²) >= 11 is 0. The van der Waals surface area contributed by atoms with E-state index < -0.39 is 5.79 Å². The lowest BCUT2D eigenvalue weighted by Gasteiger charge is -2.17. The summed E-state index contributed by atoms with van der Waals surface area (Å²) in [7, 11) is 0. The van der Waals surface area contributed by atoms with Gasteiger partial charge in [0, 0.05) is 0 Å². The Morgan fingerprint density at radius 3 is 2.45 bits per heavy atom. The molecule has 0 fully saturated rings. The zero-order chi connectivity index (χ0) is 8.91. The van der Waals surface area contributed by atoms with Crippen LogP contribution < -0.4 is 0 Å². The van der Waals surface area contributed by atoms with Crippen LogP contribution in [0.5, 0.6) is 0 Å². The van der Waals surface area contributed by atoms with Crippen LogP contribution in [0.15, 0.2) is 12.2 Å². The van der Waals surface area contributed by atoms with Gasteiger partial charge in [0.1, 0.15) is 0 Å².